The molecule has 1 aliphatic rings. The van der Waals surface area contributed by atoms with Crippen molar-refractivity contribution >= 4 is 17.4 Å². The number of amides is 1. The summed E-state index contributed by atoms with van der Waals surface area (Å²) in [5.41, 5.74) is 3.14. The normalized spacial score (nSPS) is 17.1. The Bertz CT molecular complexity index is 1220. The first kappa shape index (κ1) is 24.2. The fourth-order valence-corrected chi connectivity index (χ4v) is 4.35. The summed E-state index contributed by atoms with van der Waals surface area (Å²) in [6, 6.07) is 17.5. The van der Waals surface area contributed by atoms with Crippen molar-refractivity contribution < 1.29 is 19.4 Å². The molecule has 2 aromatic carbocycles. The summed E-state index contributed by atoms with van der Waals surface area (Å²) in [6.45, 7) is 4.94. The van der Waals surface area contributed by atoms with Gasteiger partial charge in [-0.1, -0.05) is 44.0 Å². The molecule has 180 valence electrons. The van der Waals surface area contributed by atoms with E-state index in [4.69, 9.17) is 4.74 Å². The maximum Gasteiger partial charge on any atom is 0.295 e. The Morgan fingerprint density at radius 2 is 1.71 bits per heavy atom. The molecule has 2 heterocycles. The van der Waals surface area contributed by atoms with Crippen molar-refractivity contribution in [3.05, 3.63) is 101 Å². The van der Waals surface area contributed by atoms with Crippen LogP contribution in [0.2, 0.25) is 0 Å². The second kappa shape index (κ2) is 11.0. The van der Waals surface area contributed by atoms with Gasteiger partial charge < -0.3 is 14.7 Å². The Kier molecular flexibility index (Phi) is 7.60. The topological polar surface area (TPSA) is 79.7 Å². The van der Waals surface area contributed by atoms with Crippen LogP contribution < -0.4 is 4.74 Å². The monoisotopic (exact) mass is 470 g/mol. The fourth-order valence-electron chi connectivity index (χ4n) is 4.35. The molecule has 1 saturated heterocycles. The first-order chi connectivity index (χ1) is 17.0. The quantitative estimate of drug-likeness (QED) is 0.191. The number of benzene rings is 2. The van der Waals surface area contributed by atoms with Crippen molar-refractivity contribution in [1.29, 1.82) is 0 Å². The van der Waals surface area contributed by atoms with Crippen LogP contribution in [0.5, 0.6) is 5.75 Å². The number of aryl methyl sites for hydroxylation is 1. The van der Waals surface area contributed by atoms with Crippen molar-refractivity contribution in [2.75, 3.05) is 6.61 Å². The lowest BCUT2D eigenvalue weighted by Gasteiger charge is -2.26. The minimum Gasteiger partial charge on any atom is -0.507 e. The van der Waals surface area contributed by atoms with Gasteiger partial charge in [0, 0.05) is 24.5 Å². The van der Waals surface area contributed by atoms with Crippen molar-refractivity contribution in [3.8, 4) is 5.75 Å². The van der Waals surface area contributed by atoms with Crippen molar-refractivity contribution in [2.24, 2.45) is 0 Å². The average molecular weight is 471 g/mol. The van der Waals surface area contributed by atoms with Gasteiger partial charge in [-0.15, -0.1) is 0 Å². The second-order valence-corrected chi connectivity index (χ2v) is 8.72. The lowest BCUT2D eigenvalue weighted by atomic mass is 9.92. The highest BCUT2D eigenvalue weighted by molar-refractivity contribution is 6.46. The average Bonchev–Trinajstić information content (AvgIpc) is 3.12. The number of ether oxygens (including phenoxy) is 1. The van der Waals surface area contributed by atoms with Crippen LogP contribution in [0.1, 0.15) is 54.5 Å². The van der Waals surface area contributed by atoms with E-state index in [9.17, 15) is 14.7 Å². The van der Waals surface area contributed by atoms with Crippen LogP contribution in [0.4, 0.5) is 0 Å². The number of carbonyl (C=O) groups excluding carboxylic acids is 2. The van der Waals surface area contributed by atoms with Gasteiger partial charge in [-0.05, 0) is 66.4 Å². The highest BCUT2D eigenvalue weighted by Gasteiger charge is 2.46. The molecule has 0 bridgehead atoms. The van der Waals surface area contributed by atoms with Gasteiger partial charge in [0.1, 0.15) is 11.5 Å². The van der Waals surface area contributed by atoms with E-state index >= 15 is 0 Å². The summed E-state index contributed by atoms with van der Waals surface area (Å²) in [5, 5.41) is 11.3. The van der Waals surface area contributed by atoms with Gasteiger partial charge in [-0.2, -0.15) is 0 Å². The van der Waals surface area contributed by atoms with Gasteiger partial charge in [0.25, 0.3) is 11.7 Å². The number of Topliss-reactive ketones (excluding diaryl/α,β-unsaturated/α-hetero) is 1. The molecular weight excluding hydrogens is 440 g/mol. The molecule has 35 heavy (non-hydrogen) atoms. The Hall–Kier alpha value is -3.93. The number of aliphatic hydroxyl groups excluding tert-OH is 1. The number of unbranched alkanes of at least 4 members (excludes halogenated alkanes) is 2. The van der Waals surface area contributed by atoms with E-state index in [1.165, 1.54) is 4.90 Å². The summed E-state index contributed by atoms with van der Waals surface area (Å²) in [5.74, 6) is -0.810. The number of ketones is 1. The molecule has 0 aliphatic carbocycles. The van der Waals surface area contributed by atoms with E-state index in [2.05, 4.69) is 11.9 Å². The molecule has 0 spiro atoms. The molecule has 1 N–H and O–H groups in total. The first-order valence-electron chi connectivity index (χ1n) is 12.0. The summed E-state index contributed by atoms with van der Waals surface area (Å²) < 4.78 is 5.76. The third-order valence-electron chi connectivity index (χ3n) is 6.27. The molecular formula is C29H30N2O4. The molecule has 4 rings (SSSR count). The number of hydrogen-bond acceptors (Lipinski definition) is 5. The molecule has 1 fully saturated rings. The van der Waals surface area contributed by atoms with Crippen molar-refractivity contribution in [2.45, 2.75) is 45.7 Å². The highest BCUT2D eigenvalue weighted by Crippen LogP contribution is 2.41. The highest BCUT2D eigenvalue weighted by atomic mass is 16.5. The maximum atomic E-state index is 13.2. The predicted molar refractivity (Wildman–Crippen MR) is 135 cm³/mol. The van der Waals surface area contributed by atoms with Crippen molar-refractivity contribution in [3.63, 3.8) is 0 Å². The number of aromatic nitrogens is 1. The zero-order valence-electron chi connectivity index (χ0n) is 20.1. The lowest BCUT2D eigenvalue weighted by molar-refractivity contribution is -0.140. The lowest BCUT2D eigenvalue weighted by Crippen LogP contribution is -2.29. The summed E-state index contributed by atoms with van der Waals surface area (Å²) in [7, 11) is 0. The number of aliphatic hydroxyl groups is 1. The van der Waals surface area contributed by atoms with Gasteiger partial charge in [0.2, 0.25) is 0 Å². The third kappa shape index (κ3) is 5.27. The molecule has 3 aromatic rings. The zero-order chi connectivity index (χ0) is 24.8. The number of hydrogen-bond donors (Lipinski definition) is 1. The standard InChI is InChI=1S/C29H30N2O4/c1-3-4-7-18-35-23-12-10-22(11-13-23)27(32)25-26(24-9-6-5-8-20(24)2)31(29(34)28(25)33)19-21-14-16-30-17-15-21/h5-6,8-17,26,32H,3-4,7,18-19H2,1-2H3/b27-25-. The van der Waals surface area contributed by atoms with Crippen molar-refractivity contribution in [1.82, 2.24) is 9.88 Å². The number of nitrogens with zero attached hydrogens (tertiary/aromatic N) is 2. The Labute approximate surface area is 205 Å². The van der Waals surface area contributed by atoms with Crippen LogP contribution >= 0.6 is 0 Å². The van der Waals surface area contributed by atoms with E-state index < -0.39 is 17.7 Å². The third-order valence-corrected chi connectivity index (χ3v) is 6.27. The van der Waals surface area contributed by atoms with E-state index in [0.717, 1.165) is 36.0 Å². The molecule has 6 nitrogen and oxygen atoms in total. The predicted octanol–water partition coefficient (Wildman–Crippen LogP) is 5.58. The van der Waals surface area contributed by atoms with Crippen LogP contribution in [-0.2, 0) is 16.1 Å². The summed E-state index contributed by atoms with van der Waals surface area (Å²) >= 11 is 0. The molecule has 0 radical (unpaired) electrons. The van der Waals surface area contributed by atoms with Crippen LogP contribution in [0.25, 0.3) is 5.76 Å². The van der Waals surface area contributed by atoms with Gasteiger partial charge in [-0.25, -0.2) is 0 Å². The van der Waals surface area contributed by atoms with E-state index in [1.54, 1.807) is 36.7 Å². The number of likely N-dealkylation sites (tertiary alicyclic amines) is 1. The summed E-state index contributed by atoms with van der Waals surface area (Å²) in [4.78, 5) is 32.0. The Balaban J connectivity index is 1.71. The van der Waals surface area contributed by atoms with E-state index in [0.29, 0.717) is 17.9 Å². The Morgan fingerprint density at radius 3 is 2.40 bits per heavy atom. The minimum absolute atomic E-state index is 0.0926. The Morgan fingerprint density at radius 1 is 1.00 bits per heavy atom. The smallest absolute Gasteiger partial charge is 0.295 e. The van der Waals surface area contributed by atoms with Crippen LogP contribution in [-0.4, -0.2) is 33.3 Å². The molecule has 1 unspecified atom stereocenters. The molecule has 1 amide bonds. The summed E-state index contributed by atoms with van der Waals surface area (Å²) in [6.07, 6.45) is 6.52. The number of carbonyl (C=O) groups is 2. The molecule has 1 atom stereocenters. The SMILES string of the molecule is CCCCCOc1ccc(/C(O)=C2/C(=O)C(=O)N(Cc3ccncc3)C2c2ccccc2C)cc1. The molecule has 1 aromatic heterocycles. The van der Waals surface area contributed by atoms with E-state index in [1.807, 2.05) is 43.3 Å². The van der Waals surface area contributed by atoms with Gasteiger partial charge >= 0.3 is 0 Å². The number of pyridine rings is 1. The van der Waals surface area contributed by atoms with E-state index in [-0.39, 0.29) is 17.9 Å². The fraction of sp³-hybridized carbons (Fsp3) is 0.276. The van der Waals surface area contributed by atoms with Gasteiger partial charge in [0.15, 0.2) is 0 Å². The molecule has 1 aliphatic heterocycles. The van der Waals surface area contributed by atoms with Crippen LogP contribution in [0.3, 0.4) is 0 Å². The van der Waals surface area contributed by atoms with Gasteiger partial charge in [-0.3, -0.25) is 14.6 Å². The van der Waals surface area contributed by atoms with Crippen LogP contribution in [0.15, 0.2) is 78.6 Å². The second-order valence-electron chi connectivity index (χ2n) is 8.72. The maximum absolute atomic E-state index is 13.2. The molecule has 6 heteroatoms. The first-order valence-corrected chi connectivity index (χ1v) is 12.0. The minimum atomic E-state index is -0.700. The van der Waals surface area contributed by atoms with Gasteiger partial charge in [0.05, 0.1) is 18.2 Å². The number of rotatable bonds is 9. The zero-order valence-corrected chi connectivity index (χ0v) is 20.1. The van der Waals surface area contributed by atoms with Crippen LogP contribution in [0, 0.1) is 6.92 Å². The largest absolute Gasteiger partial charge is 0.507 e. The molecule has 0 saturated carbocycles.